The van der Waals surface area contributed by atoms with Gasteiger partial charge in [-0.25, -0.2) is 4.98 Å². The molecule has 0 aliphatic carbocycles. The summed E-state index contributed by atoms with van der Waals surface area (Å²) in [4.78, 5) is 21.0. The number of aromatic nitrogens is 3. The molecule has 1 atom stereocenters. The molecule has 1 amide bonds. The third-order valence-electron chi connectivity index (χ3n) is 8.49. The van der Waals surface area contributed by atoms with Gasteiger partial charge < -0.3 is 19.9 Å². The number of hydrogen-bond acceptors (Lipinski definition) is 6. The quantitative estimate of drug-likeness (QED) is 0.132. The standard InChI is InChI=1S/C35H36F4N6O2/c36-34-28-20-25(10-12-30(28)42-43-34)33(29(21-35(37,38)39)24-6-2-1-3-7-24)26-11-13-31(41-22-26)45-15-5-8-27(23-45)40-14-4-9-32(46)44-16-18-47-19-17-44/h1-4,6-7,9-13,20,22,27,40H,5,8,14-19,21,23H2,(H,42,43)/b9-4+,33-29-/t27-/m0/s1. The first kappa shape index (κ1) is 32.4. The highest BCUT2D eigenvalue weighted by Crippen LogP contribution is 2.40. The maximum absolute atomic E-state index is 14.5. The molecule has 6 rings (SSSR count). The summed E-state index contributed by atoms with van der Waals surface area (Å²) in [6, 6.07) is 17.0. The Labute approximate surface area is 270 Å². The van der Waals surface area contributed by atoms with Crippen LogP contribution in [0, 0.1) is 5.95 Å². The van der Waals surface area contributed by atoms with E-state index in [2.05, 4.69) is 20.4 Å². The van der Waals surface area contributed by atoms with Crippen molar-refractivity contribution >= 4 is 33.8 Å². The first-order chi connectivity index (χ1) is 22.7. The number of nitrogens with one attached hydrogen (secondary N) is 2. The van der Waals surface area contributed by atoms with Gasteiger partial charge in [0.05, 0.1) is 30.5 Å². The number of aromatic amines is 1. The van der Waals surface area contributed by atoms with E-state index in [9.17, 15) is 22.4 Å². The number of amides is 1. The topological polar surface area (TPSA) is 86.4 Å². The summed E-state index contributed by atoms with van der Waals surface area (Å²) in [6.45, 7) is 4.36. The molecular formula is C35H36F4N6O2. The van der Waals surface area contributed by atoms with Crippen LogP contribution in [0.4, 0.5) is 23.4 Å². The summed E-state index contributed by atoms with van der Waals surface area (Å²) >= 11 is 0. The monoisotopic (exact) mass is 648 g/mol. The number of nitrogens with zero attached hydrogens (tertiary/aromatic N) is 4. The average Bonchev–Trinajstić information content (AvgIpc) is 3.46. The highest BCUT2D eigenvalue weighted by atomic mass is 19.4. The molecule has 2 aromatic carbocycles. The Hall–Kier alpha value is -4.55. The van der Waals surface area contributed by atoms with Crippen LogP contribution in [0.5, 0.6) is 0 Å². The lowest BCUT2D eigenvalue weighted by Gasteiger charge is -2.34. The van der Waals surface area contributed by atoms with Gasteiger partial charge in [-0.1, -0.05) is 42.5 Å². The number of fused-ring (bicyclic) bond motifs is 1. The second kappa shape index (κ2) is 14.5. The Balaban J connectivity index is 1.24. The minimum Gasteiger partial charge on any atom is -0.378 e. The molecule has 246 valence electrons. The SMILES string of the molecule is O=C(/C=C/CN[C@H]1CCCN(c2ccc(/C(=C(/CC(F)(F)F)c3ccccc3)c3ccc4n[nH]c(F)c4c3)cn2)C1)N1CCOCC1. The lowest BCUT2D eigenvalue weighted by molar-refractivity contribution is -0.130. The summed E-state index contributed by atoms with van der Waals surface area (Å²) < 4.78 is 62.0. The van der Waals surface area contributed by atoms with Crippen molar-refractivity contribution in [3.63, 3.8) is 0 Å². The van der Waals surface area contributed by atoms with Crippen molar-refractivity contribution in [3.8, 4) is 0 Å². The molecule has 4 aromatic rings. The summed E-state index contributed by atoms with van der Waals surface area (Å²) in [7, 11) is 0. The van der Waals surface area contributed by atoms with Crippen LogP contribution < -0.4 is 10.2 Å². The normalized spacial score (nSPS) is 18.2. The van der Waals surface area contributed by atoms with Gasteiger partial charge in [0.15, 0.2) is 0 Å². The first-order valence-corrected chi connectivity index (χ1v) is 15.7. The van der Waals surface area contributed by atoms with Crippen molar-refractivity contribution in [3.05, 3.63) is 102 Å². The molecule has 12 heteroatoms. The Bertz CT molecular complexity index is 1730. The summed E-state index contributed by atoms with van der Waals surface area (Å²) in [5.41, 5.74) is 2.11. The van der Waals surface area contributed by atoms with Crippen LogP contribution in [0.25, 0.3) is 22.0 Å². The number of allylic oxidation sites excluding steroid dienone is 1. The number of carbonyl (C=O) groups is 1. The Kier molecular flexibility index (Phi) is 9.98. The molecule has 0 unspecified atom stereocenters. The van der Waals surface area contributed by atoms with Gasteiger partial charge in [0, 0.05) is 56.6 Å². The van der Waals surface area contributed by atoms with E-state index in [4.69, 9.17) is 9.72 Å². The van der Waals surface area contributed by atoms with Gasteiger partial charge >= 0.3 is 6.18 Å². The van der Waals surface area contributed by atoms with Crippen LogP contribution in [0.1, 0.15) is 36.0 Å². The number of ether oxygens (including phenoxy) is 1. The van der Waals surface area contributed by atoms with Gasteiger partial charge in [-0.15, -0.1) is 0 Å². The first-order valence-electron chi connectivity index (χ1n) is 15.7. The van der Waals surface area contributed by atoms with Crippen LogP contribution in [0.2, 0.25) is 0 Å². The molecule has 2 N–H and O–H groups in total. The van der Waals surface area contributed by atoms with E-state index < -0.39 is 18.5 Å². The molecule has 0 saturated carbocycles. The Morgan fingerprint density at radius 1 is 1.02 bits per heavy atom. The van der Waals surface area contributed by atoms with E-state index in [0.29, 0.717) is 73.0 Å². The van der Waals surface area contributed by atoms with Crippen LogP contribution in [0.15, 0.2) is 79.0 Å². The Morgan fingerprint density at radius 2 is 1.81 bits per heavy atom. The van der Waals surface area contributed by atoms with Crippen molar-refractivity contribution in [2.24, 2.45) is 0 Å². The fourth-order valence-corrected chi connectivity index (χ4v) is 6.18. The molecule has 2 aliphatic rings. The van der Waals surface area contributed by atoms with Crippen molar-refractivity contribution in [1.29, 1.82) is 0 Å². The van der Waals surface area contributed by atoms with Crippen molar-refractivity contribution < 1.29 is 27.1 Å². The van der Waals surface area contributed by atoms with E-state index in [1.54, 1.807) is 65.7 Å². The summed E-state index contributed by atoms with van der Waals surface area (Å²) in [6.07, 6.45) is 1.28. The highest BCUT2D eigenvalue weighted by molar-refractivity contribution is 6.00. The van der Waals surface area contributed by atoms with Gasteiger partial charge in [0.2, 0.25) is 11.9 Å². The number of alkyl halides is 3. The molecule has 8 nitrogen and oxygen atoms in total. The van der Waals surface area contributed by atoms with Gasteiger partial charge in [0.1, 0.15) is 5.82 Å². The summed E-state index contributed by atoms with van der Waals surface area (Å²) in [5.74, 6) is 0.0452. The number of carbonyl (C=O) groups excluding carboxylic acids is 1. The van der Waals surface area contributed by atoms with Gasteiger partial charge in [-0.3, -0.25) is 9.89 Å². The molecule has 4 heterocycles. The highest BCUT2D eigenvalue weighted by Gasteiger charge is 2.32. The maximum atomic E-state index is 14.5. The predicted molar refractivity (Wildman–Crippen MR) is 173 cm³/mol. The van der Waals surface area contributed by atoms with E-state index in [-0.39, 0.29) is 22.9 Å². The lowest BCUT2D eigenvalue weighted by Crippen LogP contribution is -2.46. The largest absolute Gasteiger partial charge is 0.393 e. The zero-order valence-electron chi connectivity index (χ0n) is 25.8. The number of halogens is 4. The molecule has 2 saturated heterocycles. The number of anilines is 1. The fraction of sp³-hybridized carbons (Fsp3) is 0.343. The molecule has 0 spiro atoms. The predicted octanol–water partition coefficient (Wildman–Crippen LogP) is 5.98. The van der Waals surface area contributed by atoms with Crippen LogP contribution in [-0.2, 0) is 9.53 Å². The number of hydrogen-bond donors (Lipinski definition) is 2. The zero-order chi connectivity index (χ0) is 32.8. The van der Waals surface area contributed by atoms with Crippen LogP contribution >= 0.6 is 0 Å². The molecule has 2 fully saturated rings. The lowest BCUT2D eigenvalue weighted by atomic mass is 9.88. The van der Waals surface area contributed by atoms with E-state index in [0.717, 1.165) is 19.4 Å². The molecule has 0 bridgehead atoms. The minimum absolute atomic E-state index is 0.0152. The molecule has 47 heavy (non-hydrogen) atoms. The number of H-pyrrole nitrogens is 1. The average molecular weight is 649 g/mol. The molecule has 2 aliphatic heterocycles. The van der Waals surface area contributed by atoms with E-state index in [1.165, 1.54) is 6.07 Å². The minimum atomic E-state index is -4.49. The molecule has 2 aromatic heterocycles. The second-order valence-electron chi connectivity index (χ2n) is 11.7. The number of benzene rings is 2. The van der Waals surface area contributed by atoms with Gasteiger partial charge in [0.25, 0.3) is 0 Å². The number of pyridine rings is 1. The summed E-state index contributed by atoms with van der Waals surface area (Å²) in [5, 5.41) is 9.92. The Morgan fingerprint density at radius 3 is 2.55 bits per heavy atom. The van der Waals surface area contributed by atoms with Crippen LogP contribution in [0.3, 0.4) is 0 Å². The molecular weight excluding hydrogens is 612 g/mol. The van der Waals surface area contributed by atoms with Gasteiger partial charge in [-0.05, 0) is 59.4 Å². The van der Waals surface area contributed by atoms with Crippen molar-refractivity contribution in [2.45, 2.75) is 31.5 Å². The van der Waals surface area contributed by atoms with E-state index >= 15 is 0 Å². The fourth-order valence-electron chi connectivity index (χ4n) is 6.18. The number of morpholine rings is 1. The second-order valence-corrected chi connectivity index (χ2v) is 11.7. The van der Waals surface area contributed by atoms with Crippen LogP contribution in [-0.4, -0.2) is 84.1 Å². The third kappa shape index (κ3) is 8.06. The van der Waals surface area contributed by atoms with Crippen molar-refractivity contribution in [1.82, 2.24) is 25.4 Å². The smallest absolute Gasteiger partial charge is 0.378 e. The number of piperidine rings is 1. The zero-order valence-corrected chi connectivity index (χ0v) is 25.8. The van der Waals surface area contributed by atoms with Gasteiger partial charge in [-0.2, -0.15) is 22.7 Å². The molecule has 0 radical (unpaired) electrons. The van der Waals surface area contributed by atoms with Crippen molar-refractivity contribution in [2.75, 3.05) is 50.8 Å². The van der Waals surface area contributed by atoms with E-state index in [1.807, 2.05) is 12.1 Å². The maximum Gasteiger partial charge on any atom is 0.393 e. The number of rotatable bonds is 9. The third-order valence-corrected chi connectivity index (χ3v) is 8.49.